The molecule has 280 valence electrons. The summed E-state index contributed by atoms with van der Waals surface area (Å²) < 4.78 is 6.71. The molecule has 12 aromatic rings. The largest absolute Gasteiger partial charge is 0.455 e. The topological polar surface area (TPSA) is 13.1 Å². The smallest absolute Gasteiger partial charge is 0.143 e. The predicted octanol–water partition coefficient (Wildman–Crippen LogP) is 16.7. The number of fused-ring (bicyclic) bond motifs is 12. The average Bonchev–Trinajstić information content (AvgIpc) is 3.78. The molecule has 0 saturated carbocycles. The van der Waals surface area contributed by atoms with Crippen molar-refractivity contribution in [2.45, 2.75) is 19.3 Å². The van der Waals surface area contributed by atoms with E-state index >= 15 is 0 Å². The van der Waals surface area contributed by atoms with E-state index in [4.69, 9.17) is 4.42 Å². The highest BCUT2D eigenvalue weighted by molar-refractivity contribution is 6.26. The van der Waals surface area contributed by atoms with Gasteiger partial charge >= 0.3 is 0 Å². The maximum absolute atomic E-state index is 6.71. The van der Waals surface area contributed by atoms with Crippen molar-refractivity contribution in [1.82, 2.24) is 0 Å². The second kappa shape index (κ2) is 12.3. The number of benzene rings is 11. The van der Waals surface area contributed by atoms with E-state index in [1.807, 2.05) is 0 Å². The normalized spacial score (nSPS) is 13.3. The summed E-state index contributed by atoms with van der Waals surface area (Å²) in [5, 5.41) is 14.8. The van der Waals surface area contributed by atoms with E-state index in [1.165, 1.54) is 115 Å². The first-order valence-corrected chi connectivity index (χ1v) is 21.0. The monoisotopic (exact) mass is 762 g/mol. The molecule has 1 aromatic heterocycles. The molecule has 0 fully saturated rings. The lowest BCUT2D eigenvalue weighted by molar-refractivity contribution is 0.658. The molecule has 0 N–H and O–H groups in total. The molecule has 0 saturated heterocycles. The summed E-state index contributed by atoms with van der Waals surface area (Å²) in [5.41, 5.74) is 14.6. The van der Waals surface area contributed by atoms with Crippen molar-refractivity contribution in [2.75, 3.05) is 0 Å². The molecule has 1 heteroatoms. The van der Waals surface area contributed by atoms with Gasteiger partial charge in [-0.2, -0.15) is 0 Å². The molecule has 1 aliphatic rings. The zero-order valence-electron chi connectivity index (χ0n) is 33.4. The van der Waals surface area contributed by atoms with Crippen LogP contribution in [0.25, 0.3) is 120 Å². The Balaban J connectivity index is 1.01. The van der Waals surface area contributed by atoms with Crippen molar-refractivity contribution in [3.05, 3.63) is 205 Å². The summed E-state index contributed by atoms with van der Waals surface area (Å²) in [7, 11) is 0. The summed E-state index contributed by atoms with van der Waals surface area (Å²) in [4.78, 5) is 0. The number of furan rings is 1. The zero-order chi connectivity index (χ0) is 39.7. The van der Waals surface area contributed by atoms with Gasteiger partial charge in [-0.3, -0.25) is 0 Å². The average molecular weight is 763 g/mol. The van der Waals surface area contributed by atoms with Crippen molar-refractivity contribution in [3.63, 3.8) is 0 Å². The molecular formula is C59H38O. The van der Waals surface area contributed by atoms with Crippen molar-refractivity contribution in [3.8, 4) is 44.5 Å². The van der Waals surface area contributed by atoms with Gasteiger partial charge in [-0.1, -0.05) is 184 Å². The fourth-order valence-electron chi connectivity index (χ4n) is 10.8. The minimum absolute atomic E-state index is 0.149. The SMILES string of the molecule is CC1(C)c2ccc(-c3ccc(-c4c5ccccc5c(-c5cccc6ccccc56)c5ccccc45)c4ccccc34)cc2-c2cc3oc4c5ccccc5ccc4c3cc21. The van der Waals surface area contributed by atoms with Crippen LogP contribution in [0.5, 0.6) is 0 Å². The van der Waals surface area contributed by atoms with Gasteiger partial charge in [0.25, 0.3) is 0 Å². The van der Waals surface area contributed by atoms with E-state index in [9.17, 15) is 0 Å². The Kier molecular flexibility index (Phi) is 6.85. The second-order valence-electron chi connectivity index (χ2n) is 17.1. The van der Waals surface area contributed by atoms with Crippen molar-refractivity contribution >= 4 is 75.8 Å². The van der Waals surface area contributed by atoms with Crippen LogP contribution in [0, 0.1) is 0 Å². The van der Waals surface area contributed by atoms with Crippen LogP contribution >= 0.6 is 0 Å². The van der Waals surface area contributed by atoms with Gasteiger partial charge in [0.15, 0.2) is 0 Å². The summed E-state index contributed by atoms with van der Waals surface area (Å²) >= 11 is 0. The van der Waals surface area contributed by atoms with Crippen LogP contribution in [0.1, 0.15) is 25.0 Å². The van der Waals surface area contributed by atoms with Crippen LogP contribution < -0.4 is 0 Å². The Hall–Kier alpha value is -7.48. The summed E-state index contributed by atoms with van der Waals surface area (Å²) in [6.45, 7) is 4.73. The number of hydrogen-bond donors (Lipinski definition) is 0. The third kappa shape index (κ3) is 4.58. The van der Waals surface area contributed by atoms with Crippen LogP contribution in [0.15, 0.2) is 199 Å². The first-order chi connectivity index (χ1) is 29.5. The van der Waals surface area contributed by atoms with E-state index in [1.54, 1.807) is 0 Å². The van der Waals surface area contributed by atoms with E-state index < -0.39 is 0 Å². The fourth-order valence-corrected chi connectivity index (χ4v) is 10.8. The zero-order valence-corrected chi connectivity index (χ0v) is 33.4. The fraction of sp³-hybridized carbons (Fsp3) is 0.0508. The van der Waals surface area contributed by atoms with E-state index in [0.717, 1.165) is 16.6 Å². The highest BCUT2D eigenvalue weighted by atomic mass is 16.3. The van der Waals surface area contributed by atoms with E-state index in [-0.39, 0.29) is 5.41 Å². The van der Waals surface area contributed by atoms with Crippen LogP contribution in [0.3, 0.4) is 0 Å². The molecule has 1 heterocycles. The first kappa shape index (κ1) is 33.5. The molecule has 0 amide bonds. The maximum atomic E-state index is 6.71. The van der Waals surface area contributed by atoms with Crippen LogP contribution in [0.4, 0.5) is 0 Å². The molecule has 0 atom stereocenters. The summed E-state index contributed by atoms with van der Waals surface area (Å²) in [6, 6.07) is 72.0. The Morgan fingerprint density at radius 2 is 0.833 bits per heavy atom. The Morgan fingerprint density at radius 3 is 1.52 bits per heavy atom. The van der Waals surface area contributed by atoms with Crippen molar-refractivity contribution < 1.29 is 4.42 Å². The maximum Gasteiger partial charge on any atom is 0.143 e. The molecule has 60 heavy (non-hydrogen) atoms. The quantitative estimate of drug-likeness (QED) is 0.163. The number of rotatable bonds is 3. The summed E-state index contributed by atoms with van der Waals surface area (Å²) in [5.74, 6) is 0. The van der Waals surface area contributed by atoms with Gasteiger partial charge < -0.3 is 4.42 Å². The molecule has 11 aromatic carbocycles. The molecule has 0 spiro atoms. The standard InChI is InChI=1S/C59H38O/c1-59(2)53-31-27-37(32-50(53)51-34-55-52(33-54(51)59)49-28-26-36-15-4-6-18-40(36)58(49)60-55)39-29-30-48(42-20-8-7-19-41(39)42)57-46-23-11-9-21-44(46)56(45-22-10-12-24-47(45)57)43-25-13-16-35-14-3-5-17-38(35)43/h3-34H,1-2H3. The van der Waals surface area contributed by atoms with Gasteiger partial charge in [0.2, 0.25) is 0 Å². The van der Waals surface area contributed by atoms with Gasteiger partial charge in [-0.15, -0.1) is 0 Å². The van der Waals surface area contributed by atoms with Gasteiger partial charge in [0.05, 0.1) is 0 Å². The molecule has 1 aliphatic carbocycles. The lowest BCUT2D eigenvalue weighted by Crippen LogP contribution is -2.14. The third-order valence-corrected chi connectivity index (χ3v) is 13.7. The molecule has 0 bridgehead atoms. The minimum atomic E-state index is -0.149. The van der Waals surface area contributed by atoms with Gasteiger partial charge in [0.1, 0.15) is 11.2 Å². The van der Waals surface area contributed by atoms with Gasteiger partial charge in [-0.25, -0.2) is 0 Å². The minimum Gasteiger partial charge on any atom is -0.455 e. The van der Waals surface area contributed by atoms with Crippen LogP contribution in [-0.2, 0) is 5.41 Å². The Labute approximate surface area is 347 Å². The van der Waals surface area contributed by atoms with E-state index in [0.29, 0.717) is 0 Å². The van der Waals surface area contributed by atoms with Gasteiger partial charge in [0, 0.05) is 21.6 Å². The molecule has 13 rings (SSSR count). The Bertz CT molecular complexity index is 3740. The molecule has 0 radical (unpaired) electrons. The number of hydrogen-bond acceptors (Lipinski definition) is 1. The lowest BCUT2D eigenvalue weighted by Gasteiger charge is -2.22. The van der Waals surface area contributed by atoms with Crippen LogP contribution in [-0.4, -0.2) is 0 Å². The second-order valence-corrected chi connectivity index (χ2v) is 17.1. The van der Waals surface area contributed by atoms with Gasteiger partial charge in [-0.05, 0) is 128 Å². The third-order valence-electron chi connectivity index (χ3n) is 13.7. The van der Waals surface area contributed by atoms with Crippen molar-refractivity contribution in [1.29, 1.82) is 0 Å². The molecule has 0 aliphatic heterocycles. The summed E-state index contributed by atoms with van der Waals surface area (Å²) in [6.07, 6.45) is 0. The van der Waals surface area contributed by atoms with Crippen molar-refractivity contribution in [2.24, 2.45) is 0 Å². The highest BCUT2D eigenvalue weighted by Gasteiger charge is 2.36. The van der Waals surface area contributed by atoms with Crippen LogP contribution in [0.2, 0.25) is 0 Å². The predicted molar refractivity (Wildman–Crippen MR) is 255 cm³/mol. The molecule has 0 unspecified atom stereocenters. The molecule has 1 nitrogen and oxygen atoms in total. The first-order valence-electron chi connectivity index (χ1n) is 21.0. The molecular weight excluding hydrogens is 725 g/mol. The lowest BCUT2D eigenvalue weighted by atomic mass is 9.81. The highest BCUT2D eigenvalue weighted by Crippen LogP contribution is 2.53. The Morgan fingerprint density at radius 1 is 0.317 bits per heavy atom. The van der Waals surface area contributed by atoms with E-state index in [2.05, 4.69) is 208 Å².